The molecule has 2 aliphatic rings. The third-order valence-corrected chi connectivity index (χ3v) is 8.54. The first-order valence-electron chi connectivity index (χ1n) is 12.2. The van der Waals surface area contributed by atoms with Crippen molar-refractivity contribution in [2.75, 3.05) is 12.4 Å². The lowest BCUT2D eigenvalue weighted by molar-refractivity contribution is -0.00747. The summed E-state index contributed by atoms with van der Waals surface area (Å²) in [5.41, 5.74) is 1.61. The van der Waals surface area contributed by atoms with Crippen LogP contribution in [0.3, 0.4) is 0 Å². The zero-order valence-corrected chi connectivity index (χ0v) is 20.3. The van der Waals surface area contributed by atoms with Crippen molar-refractivity contribution in [3.05, 3.63) is 33.7 Å². The van der Waals surface area contributed by atoms with Gasteiger partial charge in [0.2, 0.25) is 10.0 Å². The molecule has 2 atom stereocenters. The highest BCUT2D eigenvalue weighted by Gasteiger charge is 2.34. The van der Waals surface area contributed by atoms with E-state index < -0.39 is 10.0 Å². The van der Waals surface area contributed by atoms with Crippen LogP contribution < -0.4 is 10.3 Å². The Hall–Kier alpha value is -1.18. The molecule has 7 heteroatoms. The molecule has 0 spiro atoms. The first-order valence-corrected chi connectivity index (χ1v) is 13.8. The predicted octanol–water partition coefficient (Wildman–Crippen LogP) is 4.11. The molecule has 0 bridgehead atoms. The molecule has 6 nitrogen and oxygen atoms in total. The topological polar surface area (TPSA) is 77.4 Å². The van der Waals surface area contributed by atoms with Crippen molar-refractivity contribution in [2.24, 2.45) is 5.92 Å². The molecule has 2 heterocycles. The van der Waals surface area contributed by atoms with Crippen LogP contribution >= 0.6 is 0 Å². The Labute approximate surface area is 187 Å². The Morgan fingerprint density at radius 3 is 2.52 bits per heavy atom. The van der Waals surface area contributed by atoms with Crippen molar-refractivity contribution in [2.45, 2.75) is 103 Å². The number of nitrogens with one attached hydrogen (secondary N) is 1. The van der Waals surface area contributed by atoms with E-state index in [1.165, 1.54) is 38.5 Å². The van der Waals surface area contributed by atoms with Crippen LogP contribution in [0.1, 0.15) is 88.9 Å². The number of fused-ring (bicyclic) bond motifs is 1. The third-order valence-electron chi connectivity index (χ3n) is 7.12. The molecule has 1 aliphatic carbocycles. The number of aryl methyl sites for hydroxylation is 2. The highest BCUT2D eigenvalue weighted by atomic mass is 32.2. The molecule has 0 unspecified atom stereocenters. The van der Waals surface area contributed by atoms with Crippen molar-refractivity contribution in [1.82, 2.24) is 9.29 Å². The van der Waals surface area contributed by atoms with E-state index in [4.69, 9.17) is 4.74 Å². The number of sulfonamides is 1. The maximum atomic E-state index is 13.0. The summed E-state index contributed by atoms with van der Waals surface area (Å²) in [6.07, 6.45) is 11.3. The van der Waals surface area contributed by atoms with Gasteiger partial charge in [0.05, 0.1) is 24.5 Å². The van der Waals surface area contributed by atoms with Crippen molar-refractivity contribution in [1.29, 1.82) is 0 Å². The van der Waals surface area contributed by atoms with Gasteiger partial charge < -0.3 is 9.30 Å². The molecule has 1 saturated carbocycles. The maximum Gasteiger partial charge on any atom is 0.254 e. The summed E-state index contributed by atoms with van der Waals surface area (Å²) >= 11 is 0. The van der Waals surface area contributed by atoms with Gasteiger partial charge in [0, 0.05) is 17.3 Å². The van der Waals surface area contributed by atoms with Crippen LogP contribution in [0, 0.1) is 12.8 Å². The van der Waals surface area contributed by atoms with Gasteiger partial charge in [0.25, 0.3) is 5.56 Å². The fourth-order valence-electron chi connectivity index (χ4n) is 5.08. The average Bonchev–Trinajstić information content (AvgIpc) is 2.76. The molecule has 3 rings (SSSR count). The number of hydrogen-bond donors (Lipinski definition) is 1. The lowest BCUT2D eigenvalue weighted by Crippen LogP contribution is -2.50. The van der Waals surface area contributed by atoms with E-state index in [-0.39, 0.29) is 29.5 Å². The molecule has 0 aromatic carbocycles. The van der Waals surface area contributed by atoms with E-state index in [1.54, 1.807) is 11.5 Å². The lowest BCUT2D eigenvalue weighted by Gasteiger charge is -2.37. The van der Waals surface area contributed by atoms with Gasteiger partial charge in [-0.2, -0.15) is 0 Å². The van der Waals surface area contributed by atoms with E-state index in [1.807, 2.05) is 19.1 Å². The second-order valence-electron chi connectivity index (χ2n) is 9.39. The fourth-order valence-corrected chi connectivity index (χ4v) is 5.99. The standard InChI is InChI=1S/C24H40N2O4S/c1-4-6-7-8-19-10-14-21(15-11-19)30-17-23-22(25-31(28,29)5-2)16-13-20-12-9-18(3)24(27)26(20)23/h9,12,19,21-23,25H,4-8,10-11,13-17H2,1-3H3/t19?,21?,22-,23-/m0/s1. The minimum atomic E-state index is -3.36. The quantitative estimate of drug-likeness (QED) is 0.542. The summed E-state index contributed by atoms with van der Waals surface area (Å²) in [7, 11) is -3.36. The smallest absolute Gasteiger partial charge is 0.254 e. The summed E-state index contributed by atoms with van der Waals surface area (Å²) < 4.78 is 35.5. The molecule has 1 aromatic rings. The van der Waals surface area contributed by atoms with Gasteiger partial charge in [0.15, 0.2) is 0 Å². The Kier molecular flexibility index (Phi) is 8.76. The predicted molar refractivity (Wildman–Crippen MR) is 125 cm³/mol. The number of pyridine rings is 1. The largest absolute Gasteiger partial charge is 0.376 e. The van der Waals surface area contributed by atoms with Gasteiger partial charge in [0.1, 0.15) is 0 Å². The molecular weight excluding hydrogens is 412 g/mol. The maximum absolute atomic E-state index is 13.0. The summed E-state index contributed by atoms with van der Waals surface area (Å²) in [6, 6.07) is 3.24. The zero-order valence-electron chi connectivity index (χ0n) is 19.4. The van der Waals surface area contributed by atoms with Crippen LogP contribution in [0.25, 0.3) is 0 Å². The van der Waals surface area contributed by atoms with Crippen LogP contribution in [0.4, 0.5) is 0 Å². The molecule has 1 fully saturated rings. The second kappa shape index (κ2) is 11.1. The van der Waals surface area contributed by atoms with E-state index >= 15 is 0 Å². The van der Waals surface area contributed by atoms with Crippen LogP contribution in [0.15, 0.2) is 16.9 Å². The number of unbranched alkanes of at least 4 members (excludes halogenated alkanes) is 2. The minimum absolute atomic E-state index is 0.0360. The van der Waals surface area contributed by atoms with E-state index in [0.29, 0.717) is 25.0 Å². The van der Waals surface area contributed by atoms with Crippen molar-refractivity contribution < 1.29 is 13.2 Å². The molecule has 0 saturated heterocycles. The van der Waals surface area contributed by atoms with Gasteiger partial charge >= 0.3 is 0 Å². The molecule has 0 radical (unpaired) electrons. The molecule has 0 amide bonds. The van der Waals surface area contributed by atoms with Crippen LogP contribution in [0.2, 0.25) is 0 Å². The summed E-state index contributed by atoms with van der Waals surface area (Å²) in [5, 5.41) is 0. The average molecular weight is 453 g/mol. The van der Waals surface area contributed by atoms with Crippen molar-refractivity contribution in [3.63, 3.8) is 0 Å². The lowest BCUT2D eigenvalue weighted by atomic mass is 9.84. The van der Waals surface area contributed by atoms with Gasteiger partial charge in [-0.15, -0.1) is 0 Å². The minimum Gasteiger partial charge on any atom is -0.376 e. The first-order chi connectivity index (χ1) is 14.8. The van der Waals surface area contributed by atoms with Gasteiger partial charge in [-0.1, -0.05) is 38.7 Å². The Morgan fingerprint density at radius 1 is 1.10 bits per heavy atom. The number of aromatic nitrogens is 1. The molecule has 1 aliphatic heterocycles. The molecule has 176 valence electrons. The number of nitrogens with zero attached hydrogens (tertiary/aromatic N) is 1. The van der Waals surface area contributed by atoms with Crippen molar-refractivity contribution >= 4 is 10.0 Å². The molecule has 1 N–H and O–H groups in total. The van der Waals surface area contributed by atoms with E-state index in [0.717, 1.165) is 24.5 Å². The first kappa shape index (κ1) is 24.5. The van der Waals surface area contributed by atoms with Gasteiger partial charge in [-0.3, -0.25) is 4.79 Å². The van der Waals surface area contributed by atoms with E-state index in [2.05, 4.69) is 11.6 Å². The highest BCUT2D eigenvalue weighted by Crippen LogP contribution is 2.32. The van der Waals surface area contributed by atoms with E-state index in [9.17, 15) is 13.2 Å². The highest BCUT2D eigenvalue weighted by molar-refractivity contribution is 7.89. The normalized spacial score (nSPS) is 26.5. The number of rotatable bonds is 10. The molecule has 31 heavy (non-hydrogen) atoms. The Bertz CT molecular complexity index is 872. The van der Waals surface area contributed by atoms with Gasteiger partial charge in [-0.25, -0.2) is 13.1 Å². The molecular formula is C24H40N2O4S. The van der Waals surface area contributed by atoms with Crippen LogP contribution in [0.5, 0.6) is 0 Å². The number of ether oxygens (including phenoxy) is 1. The van der Waals surface area contributed by atoms with Gasteiger partial charge in [-0.05, 0) is 64.4 Å². The summed E-state index contributed by atoms with van der Waals surface area (Å²) in [6.45, 7) is 6.07. The Balaban J connectivity index is 1.68. The molecule has 1 aromatic heterocycles. The summed E-state index contributed by atoms with van der Waals surface area (Å²) in [5.74, 6) is 0.852. The fraction of sp³-hybridized carbons (Fsp3) is 0.792. The number of hydrogen-bond acceptors (Lipinski definition) is 4. The second-order valence-corrected chi connectivity index (χ2v) is 11.4. The summed E-state index contributed by atoms with van der Waals surface area (Å²) in [4.78, 5) is 13.0. The monoisotopic (exact) mass is 452 g/mol. The SMILES string of the molecule is CCCCCC1CCC(OC[C@H]2[C@@H](NS(=O)(=O)CC)CCc3ccc(C)c(=O)n32)CC1. The van der Waals surface area contributed by atoms with Crippen LogP contribution in [-0.4, -0.2) is 37.5 Å². The van der Waals surface area contributed by atoms with Crippen LogP contribution in [-0.2, 0) is 21.2 Å². The zero-order chi connectivity index (χ0) is 22.4. The van der Waals surface area contributed by atoms with Crippen molar-refractivity contribution in [3.8, 4) is 0 Å². The Morgan fingerprint density at radius 2 is 1.84 bits per heavy atom. The third kappa shape index (κ3) is 6.42.